The van der Waals surface area contributed by atoms with Crippen LogP contribution in [0.5, 0.6) is 0 Å². The molecule has 0 aliphatic heterocycles. The van der Waals surface area contributed by atoms with Crippen molar-refractivity contribution in [2.24, 2.45) is 0 Å². The van der Waals surface area contributed by atoms with Gasteiger partial charge in [0, 0.05) is 18.0 Å². The number of carbonyl (C=O) groups is 1. The number of hydrogen-bond acceptors (Lipinski definition) is 3. The fourth-order valence-electron chi connectivity index (χ4n) is 0.921. The molecule has 0 saturated heterocycles. The quantitative estimate of drug-likeness (QED) is 0.721. The van der Waals surface area contributed by atoms with E-state index in [9.17, 15) is 4.79 Å². The Morgan fingerprint density at radius 2 is 2.36 bits per heavy atom. The van der Waals surface area contributed by atoms with Gasteiger partial charge in [0.1, 0.15) is 6.61 Å². The molecule has 0 aromatic carbocycles. The number of rotatable bonds is 4. The van der Waals surface area contributed by atoms with Gasteiger partial charge in [-0.15, -0.1) is 0 Å². The van der Waals surface area contributed by atoms with Crippen molar-refractivity contribution in [1.29, 1.82) is 0 Å². The highest BCUT2D eigenvalue weighted by Crippen LogP contribution is 2.14. The molecule has 1 heterocycles. The second kappa shape index (κ2) is 5.08. The van der Waals surface area contributed by atoms with E-state index < -0.39 is 0 Å². The average Bonchev–Trinajstić information content (AvgIpc) is 2.15. The van der Waals surface area contributed by atoms with E-state index in [1.807, 2.05) is 13.8 Å². The van der Waals surface area contributed by atoms with Gasteiger partial charge < -0.3 is 4.74 Å². The van der Waals surface area contributed by atoms with Crippen molar-refractivity contribution < 1.29 is 9.53 Å². The molecule has 0 aliphatic carbocycles. The number of ketones is 1. The molecule has 76 valence electrons. The molecule has 1 aromatic rings. The normalized spacial score (nSPS) is 10.6. The van der Waals surface area contributed by atoms with Crippen LogP contribution in [0.25, 0.3) is 0 Å². The number of nitrogens with zero attached hydrogens (tertiary/aromatic N) is 1. The van der Waals surface area contributed by atoms with E-state index in [4.69, 9.17) is 16.3 Å². The molecule has 14 heavy (non-hydrogen) atoms. The van der Waals surface area contributed by atoms with Gasteiger partial charge in [0.25, 0.3) is 0 Å². The summed E-state index contributed by atoms with van der Waals surface area (Å²) in [5, 5.41) is 0.366. The van der Waals surface area contributed by atoms with Gasteiger partial charge in [-0.1, -0.05) is 11.6 Å². The Hall–Kier alpha value is -0.930. The summed E-state index contributed by atoms with van der Waals surface area (Å²) in [5.41, 5.74) is 0.460. The highest BCUT2D eigenvalue weighted by molar-refractivity contribution is 6.33. The average molecular weight is 214 g/mol. The maximum absolute atomic E-state index is 11.5. The van der Waals surface area contributed by atoms with Crippen LogP contribution in [0.3, 0.4) is 0 Å². The Balaban J connectivity index is 2.65. The first-order valence-electron chi connectivity index (χ1n) is 4.35. The van der Waals surface area contributed by atoms with Gasteiger partial charge in [-0.25, -0.2) is 0 Å². The van der Waals surface area contributed by atoms with Crippen molar-refractivity contribution in [3.05, 3.63) is 29.0 Å². The van der Waals surface area contributed by atoms with Gasteiger partial charge in [-0.2, -0.15) is 0 Å². The lowest BCUT2D eigenvalue weighted by atomic mass is 10.2. The number of ether oxygens (including phenoxy) is 1. The summed E-state index contributed by atoms with van der Waals surface area (Å²) < 4.78 is 5.18. The number of aromatic nitrogens is 1. The van der Waals surface area contributed by atoms with E-state index in [0.29, 0.717) is 10.6 Å². The predicted molar refractivity (Wildman–Crippen MR) is 54.7 cm³/mol. The Labute approximate surface area is 88.1 Å². The fourth-order valence-corrected chi connectivity index (χ4v) is 1.15. The van der Waals surface area contributed by atoms with Crippen molar-refractivity contribution in [2.75, 3.05) is 6.61 Å². The highest BCUT2D eigenvalue weighted by atomic mass is 35.5. The highest BCUT2D eigenvalue weighted by Gasteiger charge is 2.10. The number of hydrogen-bond donors (Lipinski definition) is 0. The molecule has 0 radical (unpaired) electrons. The number of halogens is 1. The zero-order valence-corrected chi connectivity index (χ0v) is 8.91. The lowest BCUT2D eigenvalue weighted by molar-refractivity contribution is 0.0585. The molecule has 0 aliphatic rings. The van der Waals surface area contributed by atoms with Gasteiger partial charge in [0.15, 0.2) is 5.78 Å². The molecule has 1 rings (SSSR count). The van der Waals surface area contributed by atoms with Crippen molar-refractivity contribution >= 4 is 17.4 Å². The summed E-state index contributed by atoms with van der Waals surface area (Å²) in [6.07, 6.45) is 3.03. The molecule has 4 heteroatoms. The first-order chi connectivity index (χ1) is 6.61. The van der Waals surface area contributed by atoms with Crippen LogP contribution in [0.1, 0.15) is 24.2 Å². The molecule has 0 unspecified atom stereocenters. The van der Waals surface area contributed by atoms with E-state index in [1.165, 1.54) is 12.4 Å². The first-order valence-corrected chi connectivity index (χ1v) is 4.73. The van der Waals surface area contributed by atoms with Crippen LogP contribution in [0.4, 0.5) is 0 Å². The van der Waals surface area contributed by atoms with Gasteiger partial charge in [-0.3, -0.25) is 9.78 Å². The lowest BCUT2D eigenvalue weighted by Gasteiger charge is -2.06. The Bertz CT molecular complexity index is 326. The molecule has 0 saturated carbocycles. The number of Topliss-reactive ketones (excluding diaryl/α,β-unsaturated/α-hetero) is 1. The van der Waals surface area contributed by atoms with Crippen LogP contribution in [-0.4, -0.2) is 23.5 Å². The monoisotopic (exact) mass is 213 g/mol. The minimum atomic E-state index is -0.119. The van der Waals surface area contributed by atoms with Crippen LogP contribution in [0.15, 0.2) is 18.5 Å². The van der Waals surface area contributed by atoms with Crippen molar-refractivity contribution in [2.45, 2.75) is 20.0 Å². The van der Waals surface area contributed by atoms with Gasteiger partial charge in [0.2, 0.25) is 0 Å². The van der Waals surface area contributed by atoms with E-state index >= 15 is 0 Å². The molecular weight excluding hydrogens is 202 g/mol. The second-order valence-corrected chi connectivity index (χ2v) is 3.55. The van der Waals surface area contributed by atoms with Gasteiger partial charge in [-0.05, 0) is 19.9 Å². The Morgan fingerprint density at radius 1 is 1.64 bits per heavy atom. The molecular formula is C10H12ClNO2. The van der Waals surface area contributed by atoms with Crippen LogP contribution < -0.4 is 0 Å². The zero-order valence-electron chi connectivity index (χ0n) is 8.16. The standard InChI is InChI=1S/C10H12ClNO2/c1-7(2)14-6-10(13)8-3-4-12-5-9(8)11/h3-5,7H,6H2,1-2H3. The summed E-state index contributed by atoms with van der Waals surface area (Å²) in [6, 6.07) is 1.59. The second-order valence-electron chi connectivity index (χ2n) is 3.14. The van der Waals surface area contributed by atoms with Gasteiger partial charge >= 0.3 is 0 Å². The molecule has 0 bridgehead atoms. The minimum Gasteiger partial charge on any atom is -0.371 e. The van der Waals surface area contributed by atoms with Crippen LogP contribution in [-0.2, 0) is 4.74 Å². The fraction of sp³-hybridized carbons (Fsp3) is 0.400. The van der Waals surface area contributed by atoms with E-state index in [2.05, 4.69) is 4.98 Å². The van der Waals surface area contributed by atoms with E-state index in [-0.39, 0.29) is 18.5 Å². The summed E-state index contributed by atoms with van der Waals surface area (Å²) in [7, 11) is 0. The van der Waals surface area contributed by atoms with Crippen molar-refractivity contribution in [1.82, 2.24) is 4.98 Å². The van der Waals surface area contributed by atoms with Crippen LogP contribution in [0.2, 0.25) is 5.02 Å². The SMILES string of the molecule is CC(C)OCC(=O)c1ccncc1Cl. The molecule has 1 aromatic heterocycles. The Morgan fingerprint density at radius 3 is 2.93 bits per heavy atom. The predicted octanol–water partition coefficient (Wildman–Crippen LogP) is 2.34. The summed E-state index contributed by atoms with van der Waals surface area (Å²) in [6.45, 7) is 3.81. The molecule has 0 amide bonds. The molecule has 3 nitrogen and oxygen atoms in total. The van der Waals surface area contributed by atoms with Crippen molar-refractivity contribution in [3.8, 4) is 0 Å². The first kappa shape index (κ1) is 11.1. The zero-order chi connectivity index (χ0) is 10.6. The topological polar surface area (TPSA) is 39.2 Å². The maximum atomic E-state index is 11.5. The molecule has 0 atom stereocenters. The number of carbonyl (C=O) groups excluding carboxylic acids is 1. The van der Waals surface area contributed by atoms with Crippen molar-refractivity contribution in [3.63, 3.8) is 0 Å². The lowest BCUT2D eigenvalue weighted by Crippen LogP contribution is -2.13. The smallest absolute Gasteiger partial charge is 0.190 e. The Kier molecular flexibility index (Phi) is 4.04. The third-order valence-electron chi connectivity index (χ3n) is 1.62. The third-order valence-corrected chi connectivity index (χ3v) is 1.92. The van der Waals surface area contributed by atoms with Crippen LogP contribution in [0, 0.1) is 0 Å². The van der Waals surface area contributed by atoms with E-state index in [1.54, 1.807) is 6.07 Å². The molecule has 0 N–H and O–H groups in total. The van der Waals surface area contributed by atoms with E-state index in [0.717, 1.165) is 0 Å². The van der Waals surface area contributed by atoms with Gasteiger partial charge in [0.05, 0.1) is 11.1 Å². The summed E-state index contributed by atoms with van der Waals surface area (Å²) in [4.78, 5) is 15.3. The minimum absolute atomic E-state index is 0.0413. The van der Waals surface area contributed by atoms with Crippen LogP contribution >= 0.6 is 11.6 Å². The molecule has 0 spiro atoms. The third kappa shape index (κ3) is 3.09. The molecule has 0 fully saturated rings. The maximum Gasteiger partial charge on any atom is 0.190 e. The summed E-state index contributed by atoms with van der Waals surface area (Å²) >= 11 is 5.80. The number of pyridine rings is 1. The summed E-state index contributed by atoms with van der Waals surface area (Å²) in [5.74, 6) is -0.119. The largest absolute Gasteiger partial charge is 0.371 e.